The highest BCUT2D eigenvalue weighted by molar-refractivity contribution is 7.99. The third-order valence-electron chi connectivity index (χ3n) is 2.81. The van der Waals surface area contributed by atoms with Crippen LogP contribution in [0.5, 0.6) is 0 Å². The van der Waals surface area contributed by atoms with Crippen molar-refractivity contribution in [2.24, 2.45) is 0 Å². The maximum atomic E-state index is 11.5. The van der Waals surface area contributed by atoms with Crippen molar-refractivity contribution >= 4 is 17.7 Å². The van der Waals surface area contributed by atoms with Crippen molar-refractivity contribution in [3.05, 3.63) is 41.6 Å². The second-order valence-corrected chi connectivity index (χ2v) is 5.33. The number of ether oxygens (including phenoxy) is 1. The third-order valence-corrected chi connectivity index (χ3v) is 4.12. The fourth-order valence-electron chi connectivity index (χ4n) is 1.96. The van der Waals surface area contributed by atoms with Crippen molar-refractivity contribution in [2.45, 2.75) is 23.5 Å². The van der Waals surface area contributed by atoms with Crippen molar-refractivity contribution in [3.8, 4) is 0 Å². The van der Waals surface area contributed by atoms with Gasteiger partial charge in [-0.25, -0.2) is 4.79 Å². The Morgan fingerprint density at radius 3 is 3.11 bits per heavy atom. The second-order valence-electron chi connectivity index (χ2n) is 4.08. The van der Waals surface area contributed by atoms with Crippen LogP contribution in [-0.4, -0.2) is 22.8 Å². The summed E-state index contributed by atoms with van der Waals surface area (Å²) in [5.74, 6) is -0.167. The molecule has 5 nitrogen and oxygen atoms in total. The minimum absolute atomic E-state index is 0.0755. The van der Waals surface area contributed by atoms with E-state index in [-0.39, 0.29) is 11.1 Å². The van der Waals surface area contributed by atoms with E-state index in [0.717, 1.165) is 6.42 Å². The Bertz CT molecular complexity index is 586. The molecule has 0 saturated carbocycles. The number of aromatic nitrogens is 2. The van der Waals surface area contributed by atoms with Crippen molar-refractivity contribution in [2.75, 3.05) is 6.61 Å². The maximum absolute atomic E-state index is 11.5. The summed E-state index contributed by atoms with van der Waals surface area (Å²) in [6.07, 6.45) is 0.839. The summed E-state index contributed by atoms with van der Waals surface area (Å²) in [6.45, 7) is 2.03. The number of thioether (sulfide) groups is 1. The Kier molecular flexibility index (Phi) is 3.25. The molecule has 0 spiro atoms. The van der Waals surface area contributed by atoms with Crippen LogP contribution >= 0.6 is 11.8 Å². The quantitative estimate of drug-likeness (QED) is 0.803. The van der Waals surface area contributed by atoms with Crippen LogP contribution in [0, 0.1) is 0 Å². The predicted molar refractivity (Wildman–Crippen MR) is 69.0 cm³/mol. The Morgan fingerprint density at radius 1 is 1.47 bits per heavy atom. The molecular weight excluding hydrogens is 264 g/mol. The molecule has 1 aromatic heterocycles. The molecule has 6 heteroatoms. The smallest absolute Gasteiger partial charge is 0.396 e. The molecule has 1 aliphatic heterocycles. The average Bonchev–Trinajstić information content (AvgIpc) is 3.05. The Labute approximate surface area is 114 Å². The zero-order chi connectivity index (χ0) is 13.2. The van der Waals surface area contributed by atoms with Crippen LogP contribution in [0.1, 0.15) is 34.3 Å². The van der Waals surface area contributed by atoms with Gasteiger partial charge in [0.15, 0.2) is 0 Å². The highest BCUT2D eigenvalue weighted by Crippen LogP contribution is 2.45. The largest absolute Gasteiger partial charge is 0.459 e. The second kappa shape index (κ2) is 5.05. The zero-order valence-corrected chi connectivity index (χ0v) is 11.1. The van der Waals surface area contributed by atoms with E-state index in [1.54, 1.807) is 18.7 Å². The summed E-state index contributed by atoms with van der Waals surface area (Å²) < 4.78 is 10.2. The lowest BCUT2D eigenvalue weighted by molar-refractivity contribution is 0.0478. The van der Waals surface area contributed by atoms with Crippen LogP contribution in [-0.2, 0) is 11.2 Å². The third kappa shape index (κ3) is 2.35. The first kappa shape index (κ1) is 12.2. The summed E-state index contributed by atoms with van der Waals surface area (Å²) in [4.78, 5) is 12.7. The van der Waals surface area contributed by atoms with Gasteiger partial charge in [-0.2, -0.15) is 0 Å². The normalized spacial score (nSPS) is 17.2. The van der Waals surface area contributed by atoms with Gasteiger partial charge in [-0.05, 0) is 25.0 Å². The van der Waals surface area contributed by atoms with E-state index >= 15 is 0 Å². The molecule has 2 aromatic rings. The van der Waals surface area contributed by atoms with Crippen LogP contribution in [0.25, 0.3) is 0 Å². The van der Waals surface area contributed by atoms with Crippen LogP contribution in [0.4, 0.5) is 0 Å². The van der Waals surface area contributed by atoms with Gasteiger partial charge in [0.1, 0.15) is 0 Å². The van der Waals surface area contributed by atoms with Crippen LogP contribution < -0.4 is 0 Å². The van der Waals surface area contributed by atoms with Crippen molar-refractivity contribution in [1.82, 2.24) is 10.2 Å². The average molecular weight is 276 g/mol. The molecule has 0 saturated heterocycles. The number of hydrogen-bond acceptors (Lipinski definition) is 6. The van der Waals surface area contributed by atoms with Gasteiger partial charge in [-0.3, -0.25) is 0 Å². The predicted octanol–water partition coefficient (Wildman–Crippen LogP) is 2.64. The van der Waals surface area contributed by atoms with E-state index in [2.05, 4.69) is 22.3 Å². The number of carbonyl (C=O) groups is 1. The summed E-state index contributed by atoms with van der Waals surface area (Å²) in [7, 11) is 0. The number of esters is 1. The highest BCUT2D eigenvalue weighted by Gasteiger charge is 2.29. The highest BCUT2D eigenvalue weighted by atomic mass is 32.2. The van der Waals surface area contributed by atoms with Gasteiger partial charge in [-0.15, -0.1) is 22.0 Å². The van der Waals surface area contributed by atoms with Gasteiger partial charge in [0.25, 0.3) is 0 Å². The fraction of sp³-hybridized carbons (Fsp3) is 0.308. The lowest BCUT2D eigenvalue weighted by atomic mass is 10.1. The molecule has 0 aliphatic carbocycles. The molecule has 3 rings (SSSR count). The van der Waals surface area contributed by atoms with Crippen molar-refractivity contribution in [1.29, 1.82) is 0 Å². The molecule has 0 radical (unpaired) electrons. The molecule has 0 N–H and O–H groups in total. The summed E-state index contributed by atoms with van der Waals surface area (Å²) >= 11 is 1.68. The number of carbonyl (C=O) groups excluding carboxylic acids is 1. The van der Waals surface area contributed by atoms with E-state index in [1.165, 1.54) is 10.5 Å². The maximum Gasteiger partial charge on any atom is 0.396 e. The molecule has 0 bridgehead atoms. The topological polar surface area (TPSA) is 65.2 Å². The van der Waals surface area contributed by atoms with Gasteiger partial charge < -0.3 is 9.15 Å². The zero-order valence-electron chi connectivity index (χ0n) is 10.3. The van der Waals surface area contributed by atoms with Gasteiger partial charge in [0.05, 0.1) is 11.9 Å². The monoisotopic (exact) mass is 276 g/mol. The van der Waals surface area contributed by atoms with Gasteiger partial charge in [-0.1, -0.05) is 18.2 Å². The number of hydrogen-bond donors (Lipinski definition) is 0. The Balaban J connectivity index is 1.77. The van der Waals surface area contributed by atoms with E-state index in [4.69, 9.17) is 9.15 Å². The van der Waals surface area contributed by atoms with E-state index in [9.17, 15) is 4.79 Å². The minimum Gasteiger partial charge on any atom is -0.459 e. The fourth-order valence-corrected chi connectivity index (χ4v) is 3.19. The van der Waals surface area contributed by atoms with Crippen molar-refractivity contribution in [3.63, 3.8) is 0 Å². The first-order chi connectivity index (χ1) is 9.28. The summed E-state index contributed by atoms with van der Waals surface area (Å²) in [6, 6.07) is 8.18. The molecule has 1 aliphatic rings. The van der Waals surface area contributed by atoms with Crippen LogP contribution in [0.3, 0.4) is 0 Å². The van der Waals surface area contributed by atoms with Crippen molar-refractivity contribution < 1.29 is 13.9 Å². The molecule has 1 aromatic carbocycles. The molecule has 98 valence electrons. The minimum atomic E-state index is -0.568. The van der Waals surface area contributed by atoms with Gasteiger partial charge in [0, 0.05) is 4.90 Å². The van der Waals surface area contributed by atoms with E-state index < -0.39 is 5.97 Å². The summed E-state index contributed by atoms with van der Waals surface area (Å²) in [5, 5.41) is 7.76. The number of nitrogens with zero attached hydrogens (tertiary/aromatic N) is 2. The lowest BCUT2D eigenvalue weighted by Gasteiger charge is -2.00. The number of fused-ring (bicyclic) bond motifs is 1. The standard InChI is InChI=1S/C13H12N2O3S/c1-2-17-13(16)12-15-14-11(18-12)10-7-8-5-3-4-6-9(8)19-10/h3-6,10H,2,7H2,1H3. The van der Waals surface area contributed by atoms with Gasteiger partial charge in [0.2, 0.25) is 5.89 Å². The van der Waals surface area contributed by atoms with Crippen LogP contribution in [0.2, 0.25) is 0 Å². The SMILES string of the molecule is CCOC(=O)c1nnc(C2Cc3ccccc3S2)o1. The Hall–Kier alpha value is -1.82. The molecule has 0 amide bonds. The van der Waals surface area contributed by atoms with E-state index in [1.807, 2.05) is 12.1 Å². The molecule has 2 heterocycles. The molecule has 0 fully saturated rings. The lowest BCUT2D eigenvalue weighted by Crippen LogP contribution is -2.04. The van der Waals surface area contributed by atoms with Gasteiger partial charge >= 0.3 is 11.9 Å². The molecular formula is C13H12N2O3S. The van der Waals surface area contributed by atoms with E-state index in [0.29, 0.717) is 12.5 Å². The number of benzene rings is 1. The first-order valence-corrected chi connectivity index (χ1v) is 6.91. The summed E-state index contributed by atoms with van der Waals surface area (Å²) in [5.41, 5.74) is 1.27. The molecule has 1 unspecified atom stereocenters. The van der Waals surface area contributed by atoms with Crippen LogP contribution in [0.15, 0.2) is 33.6 Å². The Morgan fingerprint density at radius 2 is 2.32 bits per heavy atom. The number of rotatable bonds is 3. The first-order valence-electron chi connectivity index (χ1n) is 6.03. The molecule has 1 atom stereocenters. The molecule has 19 heavy (non-hydrogen) atoms.